The highest BCUT2D eigenvalue weighted by atomic mass is 16.5. The van der Waals surface area contributed by atoms with Crippen molar-refractivity contribution >= 4 is 16.8 Å². The van der Waals surface area contributed by atoms with Crippen LogP contribution in [0.5, 0.6) is 5.75 Å². The molecule has 1 atom stereocenters. The summed E-state index contributed by atoms with van der Waals surface area (Å²) >= 11 is 0. The van der Waals surface area contributed by atoms with Crippen LogP contribution in [0.2, 0.25) is 0 Å². The number of carbonyl (C=O) groups is 1. The van der Waals surface area contributed by atoms with Gasteiger partial charge in [0.15, 0.2) is 5.69 Å². The van der Waals surface area contributed by atoms with E-state index < -0.39 is 0 Å². The number of aromatic nitrogens is 2. The normalized spacial score (nSPS) is 15.7. The first-order valence-electron chi connectivity index (χ1n) is 10.9. The molecule has 1 aromatic heterocycles. The fourth-order valence-electron chi connectivity index (χ4n) is 4.09. The lowest BCUT2D eigenvalue weighted by molar-refractivity contribution is 0.0361. The molecule has 3 aromatic rings. The van der Waals surface area contributed by atoms with Gasteiger partial charge in [0, 0.05) is 25.0 Å². The van der Waals surface area contributed by atoms with Crippen molar-refractivity contribution in [2.45, 2.75) is 25.9 Å². The number of morpholine rings is 1. The number of amides is 1. The zero-order valence-electron chi connectivity index (χ0n) is 18.2. The average molecular weight is 423 g/mol. The van der Waals surface area contributed by atoms with Crippen LogP contribution in [0.25, 0.3) is 10.9 Å². The Hall–Kier alpha value is -2.90. The van der Waals surface area contributed by atoms with Crippen LogP contribution in [-0.4, -0.2) is 60.5 Å². The maximum atomic E-state index is 13.3. The second kappa shape index (κ2) is 9.94. The molecule has 7 heteroatoms. The topological polar surface area (TPSA) is 68.6 Å². The minimum absolute atomic E-state index is 0.0622. The number of methoxy groups -OCH3 is 1. The molecule has 2 heterocycles. The minimum Gasteiger partial charge on any atom is -0.494 e. The summed E-state index contributed by atoms with van der Waals surface area (Å²) in [6.45, 7) is 6.95. The Balaban J connectivity index is 1.61. The van der Waals surface area contributed by atoms with E-state index in [1.807, 2.05) is 53.2 Å². The fourth-order valence-corrected chi connectivity index (χ4v) is 4.09. The van der Waals surface area contributed by atoms with E-state index in [1.54, 1.807) is 7.11 Å². The molecule has 0 bridgehead atoms. The van der Waals surface area contributed by atoms with E-state index in [0.717, 1.165) is 61.5 Å². The number of fused-ring (bicyclic) bond motifs is 1. The molecule has 1 saturated heterocycles. The van der Waals surface area contributed by atoms with Gasteiger partial charge < -0.3 is 14.8 Å². The van der Waals surface area contributed by atoms with Crippen molar-refractivity contribution in [3.8, 4) is 5.75 Å². The summed E-state index contributed by atoms with van der Waals surface area (Å²) in [5.41, 5.74) is 2.38. The monoisotopic (exact) mass is 422 g/mol. The number of carbonyl (C=O) groups excluding carboxylic acids is 1. The highest BCUT2D eigenvalue weighted by Gasteiger charge is 2.23. The number of nitrogens with one attached hydrogen (secondary N) is 1. The Labute approximate surface area is 182 Å². The lowest BCUT2D eigenvalue weighted by atomic mass is 10.0. The molecule has 1 aliphatic rings. The third-order valence-corrected chi connectivity index (χ3v) is 5.82. The molecule has 2 aromatic carbocycles. The van der Waals surface area contributed by atoms with Gasteiger partial charge in [-0.1, -0.05) is 49.4 Å². The number of ether oxygens (including phenoxy) is 2. The summed E-state index contributed by atoms with van der Waals surface area (Å²) in [5.74, 6) is 0.556. The maximum absolute atomic E-state index is 13.3. The molecule has 1 fully saturated rings. The third kappa shape index (κ3) is 4.73. The van der Waals surface area contributed by atoms with Gasteiger partial charge in [-0.05, 0) is 18.1 Å². The molecule has 31 heavy (non-hydrogen) atoms. The van der Waals surface area contributed by atoms with Gasteiger partial charge in [0.05, 0.1) is 32.9 Å². The van der Waals surface area contributed by atoms with Crippen molar-refractivity contribution in [3.05, 3.63) is 59.8 Å². The zero-order chi connectivity index (χ0) is 21.6. The molecule has 0 aliphatic carbocycles. The third-order valence-electron chi connectivity index (χ3n) is 5.82. The molecule has 0 unspecified atom stereocenters. The number of rotatable bonds is 8. The highest BCUT2D eigenvalue weighted by molar-refractivity contribution is 6.06. The maximum Gasteiger partial charge on any atom is 0.272 e. The predicted octanol–water partition coefficient (Wildman–Crippen LogP) is 3.26. The van der Waals surface area contributed by atoms with Crippen molar-refractivity contribution in [2.75, 3.05) is 40.0 Å². The molecule has 1 N–H and O–H groups in total. The van der Waals surface area contributed by atoms with Gasteiger partial charge in [-0.3, -0.25) is 14.4 Å². The molecule has 0 saturated carbocycles. The molecule has 4 rings (SSSR count). The second-order valence-electron chi connectivity index (χ2n) is 7.73. The van der Waals surface area contributed by atoms with Crippen molar-refractivity contribution in [3.63, 3.8) is 0 Å². The summed E-state index contributed by atoms with van der Waals surface area (Å²) in [5, 5.41) is 8.70. The van der Waals surface area contributed by atoms with E-state index >= 15 is 0 Å². The van der Waals surface area contributed by atoms with E-state index in [0.29, 0.717) is 12.2 Å². The quantitative estimate of drug-likeness (QED) is 0.604. The summed E-state index contributed by atoms with van der Waals surface area (Å²) < 4.78 is 12.9. The van der Waals surface area contributed by atoms with Crippen molar-refractivity contribution in [2.24, 2.45) is 0 Å². The molecular formula is C24H30N4O3. The van der Waals surface area contributed by atoms with Crippen LogP contribution in [0.4, 0.5) is 0 Å². The lowest BCUT2D eigenvalue weighted by Gasteiger charge is -2.26. The van der Waals surface area contributed by atoms with Gasteiger partial charge in [-0.15, -0.1) is 0 Å². The van der Waals surface area contributed by atoms with Crippen LogP contribution in [0, 0.1) is 0 Å². The number of para-hydroxylation sites is 1. The number of nitrogens with zero attached hydrogens (tertiary/aromatic N) is 3. The first-order valence-corrected chi connectivity index (χ1v) is 10.9. The molecule has 7 nitrogen and oxygen atoms in total. The summed E-state index contributed by atoms with van der Waals surface area (Å²) in [6, 6.07) is 15.7. The van der Waals surface area contributed by atoms with Gasteiger partial charge in [0.2, 0.25) is 0 Å². The van der Waals surface area contributed by atoms with Crippen LogP contribution in [0.3, 0.4) is 0 Å². The van der Waals surface area contributed by atoms with Crippen LogP contribution in [0.1, 0.15) is 35.4 Å². The van der Waals surface area contributed by atoms with Gasteiger partial charge in [0.1, 0.15) is 11.3 Å². The lowest BCUT2D eigenvalue weighted by Crippen LogP contribution is -2.38. The predicted molar refractivity (Wildman–Crippen MR) is 120 cm³/mol. The van der Waals surface area contributed by atoms with E-state index in [4.69, 9.17) is 14.6 Å². The first kappa shape index (κ1) is 21.3. The second-order valence-corrected chi connectivity index (χ2v) is 7.73. The number of hydrogen-bond donors (Lipinski definition) is 1. The Bertz CT molecular complexity index is 1010. The van der Waals surface area contributed by atoms with Crippen molar-refractivity contribution in [1.29, 1.82) is 0 Å². The molecule has 0 radical (unpaired) electrons. The Morgan fingerprint density at radius 2 is 1.90 bits per heavy atom. The Morgan fingerprint density at radius 3 is 2.61 bits per heavy atom. The Morgan fingerprint density at radius 1 is 1.13 bits per heavy atom. The van der Waals surface area contributed by atoms with E-state index in [9.17, 15) is 4.79 Å². The van der Waals surface area contributed by atoms with E-state index in [-0.39, 0.29) is 11.9 Å². The van der Waals surface area contributed by atoms with Crippen LogP contribution in [0.15, 0.2) is 48.5 Å². The SMILES string of the molecule is CC[C@@H](NC(=O)c1nn(CCN2CCOCC2)c2c(OC)cccc12)c1ccccc1. The van der Waals surface area contributed by atoms with E-state index in [1.165, 1.54) is 0 Å². The first-order chi connectivity index (χ1) is 15.2. The highest BCUT2D eigenvalue weighted by Crippen LogP contribution is 2.29. The Kier molecular flexibility index (Phi) is 6.84. The summed E-state index contributed by atoms with van der Waals surface area (Å²) in [6.07, 6.45) is 0.800. The number of benzene rings is 2. The number of hydrogen-bond acceptors (Lipinski definition) is 5. The standard InChI is InChI=1S/C24H30N4O3/c1-3-20(18-8-5-4-6-9-18)25-24(29)22-19-10-7-11-21(30-2)23(19)28(26-22)13-12-27-14-16-31-17-15-27/h4-11,20H,3,12-17H2,1-2H3,(H,25,29)/t20-/m1/s1. The molecular weight excluding hydrogens is 392 g/mol. The van der Waals surface area contributed by atoms with Crippen LogP contribution < -0.4 is 10.1 Å². The van der Waals surface area contributed by atoms with Gasteiger partial charge in [-0.2, -0.15) is 5.10 Å². The molecule has 164 valence electrons. The molecule has 0 spiro atoms. The smallest absolute Gasteiger partial charge is 0.272 e. The van der Waals surface area contributed by atoms with Crippen molar-refractivity contribution in [1.82, 2.24) is 20.0 Å². The van der Waals surface area contributed by atoms with Crippen LogP contribution >= 0.6 is 0 Å². The molecule has 1 amide bonds. The van der Waals surface area contributed by atoms with E-state index in [2.05, 4.69) is 17.1 Å². The summed E-state index contributed by atoms with van der Waals surface area (Å²) in [7, 11) is 1.65. The fraction of sp³-hybridized carbons (Fsp3) is 0.417. The zero-order valence-corrected chi connectivity index (χ0v) is 18.2. The van der Waals surface area contributed by atoms with Crippen molar-refractivity contribution < 1.29 is 14.3 Å². The van der Waals surface area contributed by atoms with Crippen LogP contribution in [-0.2, 0) is 11.3 Å². The average Bonchev–Trinajstić information content (AvgIpc) is 3.21. The van der Waals surface area contributed by atoms with Gasteiger partial charge in [0.25, 0.3) is 5.91 Å². The van der Waals surface area contributed by atoms with Gasteiger partial charge >= 0.3 is 0 Å². The van der Waals surface area contributed by atoms with Gasteiger partial charge in [-0.25, -0.2) is 0 Å². The molecule has 1 aliphatic heterocycles. The largest absolute Gasteiger partial charge is 0.494 e. The summed E-state index contributed by atoms with van der Waals surface area (Å²) in [4.78, 5) is 15.6. The minimum atomic E-state index is -0.168.